The average molecular weight is 426 g/mol. The summed E-state index contributed by atoms with van der Waals surface area (Å²) in [6.45, 7) is 0. The lowest BCUT2D eigenvalue weighted by Crippen LogP contribution is -2.13. The molecule has 0 saturated heterocycles. The smallest absolute Gasteiger partial charge is 0.296 e. The van der Waals surface area contributed by atoms with Gasteiger partial charge in [-0.25, -0.2) is 0 Å². The number of benzene rings is 2. The Labute approximate surface area is 173 Å². The van der Waals surface area contributed by atoms with E-state index in [2.05, 4.69) is 26.0 Å². The molecule has 8 nitrogen and oxygen atoms in total. The Hall–Kier alpha value is -3.56. The van der Waals surface area contributed by atoms with E-state index in [1.54, 1.807) is 30.3 Å². The Morgan fingerprint density at radius 3 is 2.48 bits per heavy atom. The Kier molecular flexibility index (Phi) is 5.32. The lowest BCUT2D eigenvalue weighted by atomic mass is 10.2. The van der Waals surface area contributed by atoms with Crippen LogP contribution in [0.5, 0.6) is 0 Å². The lowest BCUT2D eigenvalue weighted by Gasteiger charge is -2.00. The fraction of sp³-hybridized carbons (Fsp3) is 0. The average Bonchev–Trinajstić information content (AvgIpc) is 3.39. The molecule has 0 bridgehead atoms. The van der Waals surface area contributed by atoms with Gasteiger partial charge in [-0.2, -0.15) is 0 Å². The molecule has 29 heavy (non-hydrogen) atoms. The van der Waals surface area contributed by atoms with Crippen LogP contribution < -0.4 is 10.6 Å². The van der Waals surface area contributed by atoms with Crippen molar-refractivity contribution in [2.24, 2.45) is 0 Å². The number of halogens is 1. The molecule has 2 aromatic heterocycles. The molecule has 0 atom stereocenters. The van der Waals surface area contributed by atoms with Crippen LogP contribution in [0.1, 0.15) is 21.0 Å². The molecule has 2 aromatic carbocycles. The molecule has 4 rings (SSSR count). The second-order valence-electron chi connectivity index (χ2n) is 5.74. The van der Waals surface area contributed by atoms with E-state index in [0.29, 0.717) is 21.3 Å². The molecule has 4 aromatic rings. The van der Waals surface area contributed by atoms with Crippen LogP contribution in [0.25, 0.3) is 10.6 Å². The molecule has 0 spiro atoms. The zero-order valence-corrected chi connectivity index (χ0v) is 16.2. The predicted molar refractivity (Wildman–Crippen MR) is 109 cm³/mol. The number of anilines is 2. The zero-order chi connectivity index (χ0) is 20.2. The van der Waals surface area contributed by atoms with Crippen LogP contribution in [0.4, 0.5) is 10.8 Å². The van der Waals surface area contributed by atoms with Crippen molar-refractivity contribution in [3.63, 3.8) is 0 Å². The Bertz CT molecular complexity index is 1180. The minimum atomic E-state index is -0.599. The largest absolute Gasteiger partial charge is 0.350 e. The highest BCUT2D eigenvalue weighted by Crippen LogP contribution is 2.31. The summed E-state index contributed by atoms with van der Waals surface area (Å²) in [6, 6.07) is 17.3. The molecule has 10 heteroatoms. The third-order valence-electron chi connectivity index (χ3n) is 3.75. The van der Waals surface area contributed by atoms with E-state index in [-0.39, 0.29) is 16.6 Å². The first kappa shape index (κ1) is 18.8. The normalized spacial score (nSPS) is 10.5. The van der Waals surface area contributed by atoms with E-state index >= 15 is 0 Å². The van der Waals surface area contributed by atoms with Gasteiger partial charge in [0.1, 0.15) is 0 Å². The molecule has 0 fully saturated rings. The molecule has 144 valence electrons. The maximum Gasteiger partial charge on any atom is 0.296 e. The van der Waals surface area contributed by atoms with Crippen molar-refractivity contribution in [1.82, 2.24) is 15.4 Å². The molecular formula is C19H12ClN5O3S. The molecule has 0 unspecified atom stereocenters. The maximum atomic E-state index is 12.4. The number of carbonyl (C=O) groups is 2. The summed E-state index contributed by atoms with van der Waals surface area (Å²) in [4.78, 5) is 24.6. The number of carbonyl (C=O) groups excluding carboxylic acids is 2. The third kappa shape index (κ3) is 4.31. The number of rotatable bonds is 5. The second kappa shape index (κ2) is 8.21. The molecule has 0 aliphatic heterocycles. The first-order valence-electron chi connectivity index (χ1n) is 8.33. The number of para-hydroxylation sites is 1. The van der Waals surface area contributed by atoms with E-state index in [4.69, 9.17) is 16.1 Å². The summed E-state index contributed by atoms with van der Waals surface area (Å²) in [5.74, 6) is -1.22. The summed E-state index contributed by atoms with van der Waals surface area (Å²) in [5.41, 5.74) is 1.30. The number of nitrogens with one attached hydrogen (secondary N) is 2. The fourth-order valence-corrected chi connectivity index (χ4v) is 3.44. The highest BCUT2D eigenvalue weighted by Gasteiger charge is 2.19. The van der Waals surface area contributed by atoms with Crippen molar-refractivity contribution in [3.05, 3.63) is 77.1 Å². The molecular weight excluding hydrogens is 414 g/mol. The van der Waals surface area contributed by atoms with E-state index in [9.17, 15) is 9.59 Å². The van der Waals surface area contributed by atoms with E-state index in [1.165, 1.54) is 6.07 Å². The van der Waals surface area contributed by atoms with Crippen molar-refractivity contribution >= 4 is 45.6 Å². The van der Waals surface area contributed by atoms with Gasteiger partial charge in [0.05, 0.1) is 5.02 Å². The zero-order valence-electron chi connectivity index (χ0n) is 14.6. The van der Waals surface area contributed by atoms with Crippen LogP contribution in [-0.4, -0.2) is 27.2 Å². The van der Waals surface area contributed by atoms with Gasteiger partial charge >= 0.3 is 0 Å². The summed E-state index contributed by atoms with van der Waals surface area (Å²) in [7, 11) is 0. The summed E-state index contributed by atoms with van der Waals surface area (Å²) >= 11 is 7.31. The van der Waals surface area contributed by atoms with Gasteiger partial charge in [0.15, 0.2) is 10.7 Å². The van der Waals surface area contributed by atoms with Gasteiger partial charge in [-0.1, -0.05) is 64.5 Å². The number of hydrogen-bond donors (Lipinski definition) is 2. The van der Waals surface area contributed by atoms with Crippen LogP contribution in [0.3, 0.4) is 0 Å². The van der Waals surface area contributed by atoms with Gasteiger partial charge in [0.2, 0.25) is 10.9 Å². The maximum absolute atomic E-state index is 12.4. The Morgan fingerprint density at radius 1 is 0.931 bits per heavy atom. The van der Waals surface area contributed by atoms with Gasteiger partial charge in [0, 0.05) is 17.3 Å². The second-order valence-corrected chi connectivity index (χ2v) is 7.13. The van der Waals surface area contributed by atoms with E-state index in [1.807, 2.05) is 24.3 Å². The Balaban J connectivity index is 1.43. The van der Waals surface area contributed by atoms with Crippen molar-refractivity contribution in [1.29, 1.82) is 0 Å². The summed E-state index contributed by atoms with van der Waals surface area (Å²) in [6.07, 6.45) is 0. The predicted octanol–water partition coefficient (Wildman–Crippen LogP) is 4.35. The highest BCUT2D eigenvalue weighted by atomic mass is 35.5. The van der Waals surface area contributed by atoms with Crippen LogP contribution in [0.15, 0.2) is 65.2 Å². The Morgan fingerprint density at radius 2 is 1.69 bits per heavy atom. The highest BCUT2D eigenvalue weighted by molar-refractivity contribution is 7.18. The summed E-state index contributed by atoms with van der Waals surface area (Å²) in [5, 5.41) is 18.2. The van der Waals surface area contributed by atoms with Crippen LogP contribution in [0, 0.1) is 0 Å². The van der Waals surface area contributed by atoms with Gasteiger partial charge < -0.3 is 9.84 Å². The first-order chi connectivity index (χ1) is 14.1. The van der Waals surface area contributed by atoms with Crippen molar-refractivity contribution in [2.75, 3.05) is 10.6 Å². The third-order valence-corrected chi connectivity index (χ3v) is 4.95. The minimum Gasteiger partial charge on any atom is -0.350 e. The van der Waals surface area contributed by atoms with Crippen molar-refractivity contribution < 1.29 is 14.1 Å². The standard InChI is InChI=1S/C19H12ClN5O3S/c20-13-9-5-4-8-12(13)18-23-24-19(29-18)22-17(27)15-10-14(25-28-15)16(26)21-11-6-2-1-3-7-11/h1-10H,(H,21,26)(H,22,24,27). The minimum absolute atomic E-state index is 0.0203. The molecule has 2 heterocycles. The lowest BCUT2D eigenvalue weighted by molar-refractivity contribution is 0.0980. The van der Waals surface area contributed by atoms with E-state index < -0.39 is 11.8 Å². The van der Waals surface area contributed by atoms with E-state index in [0.717, 1.165) is 11.3 Å². The number of hydrogen-bond acceptors (Lipinski definition) is 7. The molecule has 0 aliphatic carbocycles. The topological polar surface area (TPSA) is 110 Å². The first-order valence-corrected chi connectivity index (χ1v) is 9.52. The van der Waals surface area contributed by atoms with Crippen molar-refractivity contribution in [3.8, 4) is 10.6 Å². The quantitative estimate of drug-likeness (QED) is 0.491. The number of aromatic nitrogens is 3. The van der Waals surface area contributed by atoms with Gasteiger partial charge in [-0.15, -0.1) is 10.2 Å². The van der Waals surface area contributed by atoms with Gasteiger partial charge in [0.25, 0.3) is 11.8 Å². The van der Waals surface area contributed by atoms with Crippen molar-refractivity contribution in [2.45, 2.75) is 0 Å². The fourth-order valence-electron chi connectivity index (χ4n) is 2.38. The number of amides is 2. The number of nitrogens with zero attached hydrogens (tertiary/aromatic N) is 3. The van der Waals surface area contributed by atoms with Crippen LogP contribution >= 0.6 is 22.9 Å². The van der Waals surface area contributed by atoms with Crippen LogP contribution in [0.2, 0.25) is 5.02 Å². The SMILES string of the molecule is O=C(Nc1ccccc1)c1cc(C(=O)Nc2nnc(-c3ccccc3Cl)s2)on1. The summed E-state index contributed by atoms with van der Waals surface area (Å²) < 4.78 is 4.98. The molecule has 0 saturated carbocycles. The van der Waals surface area contributed by atoms with Gasteiger partial charge in [-0.05, 0) is 18.2 Å². The van der Waals surface area contributed by atoms with Crippen LogP contribution in [-0.2, 0) is 0 Å². The molecule has 2 N–H and O–H groups in total. The molecule has 2 amide bonds. The molecule has 0 radical (unpaired) electrons. The van der Waals surface area contributed by atoms with Gasteiger partial charge in [-0.3, -0.25) is 14.9 Å². The molecule has 0 aliphatic rings. The monoisotopic (exact) mass is 425 g/mol.